The summed E-state index contributed by atoms with van der Waals surface area (Å²) in [6.45, 7) is 7.59. The van der Waals surface area contributed by atoms with Crippen molar-refractivity contribution in [3.63, 3.8) is 0 Å². The van der Waals surface area contributed by atoms with Crippen LogP contribution >= 0.6 is 0 Å². The molecule has 0 saturated carbocycles. The van der Waals surface area contributed by atoms with Gasteiger partial charge in [-0.25, -0.2) is 0 Å². The lowest BCUT2D eigenvalue weighted by Gasteiger charge is -2.30. The number of hydrogen-bond donors (Lipinski definition) is 3. The van der Waals surface area contributed by atoms with E-state index in [-0.39, 0.29) is 23.5 Å². The smallest absolute Gasteiger partial charge is 0.247 e. The van der Waals surface area contributed by atoms with Crippen LogP contribution in [0.3, 0.4) is 0 Å². The van der Waals surface area contributed by atoms with E-state index in [4.69, 9.17) is 5.11 Å². The average Bonchev–Trinajstić information content (AvgIpc) is 3.34. The Balaban J connectivity index is 0.000000405. The summed E-state index contributed by atoms with van der Waals surface area (Å²) in [4.78, 5) is 33.4. The lowest BCUT2D eigenvalue weighted by atomic mass is 9.87. The van der Waals surface area contributed by atoms with E-state index in [1.165, 1.54) is 5.56 Å². The summed E-state index contributed by atoms with van der Waals surface area (Å²) in [5, 5.41) is 14.7. The molecule has 0 bridgehead atoms. The SMILES string of the molecule is CN(c1ccc(C(C)(C)C)cc1)C(C(=O)NCc1ccncc1)c1cccnc1.O=CC1CC(O)CN1. The van der Waals surface area contributed by atoms with E-state index >= 15 is 0 Å². The predicted molar refractivity (Wildman–Crippen MR) is 145 cm³/mol. The molecule has 1 fully saturated rings. The first kappa shape index (κ1) is 28.0. The zero-order valence-electron chi connectivity index (χ0n) is 22.0. The van der Waals surface area contributed by atoms with Crippen molar-refractivity contribution in [3.05, 3.63) is 90.0 Å². The number of carbonyl (C=O) groups excluding carboxylic acids is 2. The fourth-order valence-corrected chi connectivity index (χ4v) is 4.07. The van der Waals surface area contributed by atoms with Gasteiger partial charge in [0.2, 0.25) is 5.91 Å². The van der Waals surface area contributed by atoms with Gasteiger partial charge in [0.15, 0.2) is 0 Å². The lowest BCUT2D eigenvalue weighted by molar-refractivity contribution is -0.122. The molecule has 1 aliphatic rings. The summed E-state index contributed by atoms with van der Waals surface area (Å²) in [6.07, 6.45) is 8.00. The first-order valence-electron chi connectivity index (χ1n) is 12.5. The molecule has 0 aliphatic carbocycles. The Hall–Kier alpha value is -3.62. The van der Waals surface area contributed by atoms with E-state index in [0.29, 0.717) is 19.5 Å². The van der Waals surface area contributed by atoms with Gasteiger partial charge in [-0.15, -0.1) is 0 Å². The molecule has 4 rings (SSSR count). The monoisotopic (exact) mass is 503 g/mol. The molecule has 0 spiro atoms. The van der Waals surface area contributed by atoms with E-state index in [9.17, 15) is 9.59 Å². The first-order chi connectivity index (χ1) is 17.7. The number of hydrogen-bond acceptors (Lipinski definition) is 7. The first-order valence-corrected chi connectivity index (χ1v) is 12.5. The van der Waals surface area contributed by atoms with E-state index in [1.54, 1.807) is 24.8 Å². The number of amides is 1. The van der Waals surface area contributed by atoms with Crippen molar-refractivity contribution in [3.8, 4) is 0 Å². The summed E-state index contributed by atoms with van der Waals surface area (Å²) in [7, 11) is 1.94. The Morgan fingerprint density at radius 2 is 1.84 bits per heavy atom. The van der Waals surface area contributed by atoms with Crippen molar-refractivity contribution >= 4 is 17.9 Å². The molecule has 3 N–H and O–H groups in total. The van der Waals surface area contributed by atoms with Crippen molar-refractivity contribution in [2.75, 3.05) is 18.5 Å². The van der Waals surface area contributed by atoms with Crippen molar-refractivity contribution in [1.29, 1.82) is 0 Å². The van der Waals surface area contributed by atoms with Gasteiger partial charge in [0.05, 0.1) is 12.1 Å². The number of aromatic nitrogens is 2. The number of aliphatic hydroxyl groups is 1. The minimum absolute atomic E-state index is 0.0720. The molecule has 37 heavy (non-hydrogen) atoms. The van der Waals surface area contributed by atoms with Gasteiger partial charge in [-0.2, -0.15) is 0 Å². The van der Waals surface area contributed by atoms with Crippen LogP contribution in [0.2, 0.25) is 0 Å². The van der Waals surface area contributed by atoms with Crippen molar-refractivity contribution < 1.29 is 14.7 Å². The number of nitrogens with one attached hydrogen (secondary N) is 2. The van der Waals surface area contributed by atoms with Crippen LogP contribution in [0.5, 0.6) is 0 Å². The van der Waals surface area contributed by atoms with Gasteiger partial charge >= 0.3 is 0 Å². The topological polar surface area (TPSA) is 107 Å². The third-order valence-corrected chi connectivity index (χ3v) is 6.30. The van der Waals surface area contributed by atoms with Gasteiger partial charge in [-0.05, 0) is 53.3 Å². The Labute approximate surface area is 219 Å². The number of benzene rings is 1. The fraction of sp³-hybridized carbons (Fsp3) is 0.379. The van der Waals surface area contributed by atoms with Crippen LogP contribution in [-0.2, 0) is 21.5 Å². The third kappa shape index (κ3) is 8.20. The van der Waals surface area contributed by atoms with Gasteiger partial charge in [0.1, 0.15) is 12.3 Å². The number of nitrogens with zero attached hydrogens (tertiary/aromatic N) is 3. The molecule has 3 atom stereocenters. The van der Waals surface area contributed by atoms with Crippen molar-refractivity contribution in [2.45, 2.75) is 57.3 Å². The van der Waals surface area contributed by atoms with Gasteiger partial charge < -0.3 is 25.4 Å². The molecule has 1 aliphatic heterocycles. The second-order valence-electron chi connectivity index (χ2n) is 10.2. The second-order valence-corrected chi connectivity index (χ2v) is 10.2. The molecular formula is C29H37N5O3. The molecule has 0 radical (unpaired) electrons. The van der Waals surface area contributed by atoms with Gasteiger partial charge in [-0.1, -0.05) is 39.0 Å². The molecule has 3 unspecified atom stereocenters. The Bertz CT molecular complexity index is 1120. The number of aliphatic hydroxyl groups excluding tert-OH is 1. The van der Waals surface area contributed by atoms with Crippen LogP contribution in [0.4, 0.5) is 5.69 Å². The summed E-state index contributed by atoms with van der Waals surface area (Å²) in [5.74, 6) is -0.0720. The van der Waals surface area contributed by atoms with E-state index in [1.807, 2.05) is 36.2 Å². The fourth-order valence-electron chi connectivity index (χ4n) is 4.07. The summed E-state index contributed by atoms with van der Waals surface area (Å²) >= 11 is 0. The molecule has 8 nitrogen and oxygen atoms in total. The molecule has 8 heteroatoms. The highest BCUT2D eigenvalue weighted by molar-refractivity contribution is 5.86. The summed E-state index contributed by atoms with van der Waals surface area (Å²) < 4.78 is 0. The molecule has 196 valence electrons. The highest BCUT2D eigenvalue weighted by atomic mass is 16.3. The molecule has 3 aromatic rings. The molecule has 3 heterocycles. The maximum absolute atomic E-state index is 13.2. The summed E-state index contributed by atoms with van der Waals surface area (Å²) in [6, 6.07) is 15.4. The normalized spacial score (nSPS) is 17.8. The van der Waals surface area contributed by atoms with Crippen LogP contribution in [0.1, 0.15) is 49.9 Å². The van der Waals surface area contributed by atoms with E-state index < -0.39 is 6.04 Å². The van der Waals surface area contributed by atoms with Crippen LogP contribution < -0.4 is 15.5 Å². The minimum Gasteiger partial charge on any atom is -0.392 e. The molecular weight excluding hydrogens is 466 g/mol. The van der Waals surface area contributed by atoms with Crippen molar-refractivity contribution in [1.82, 2.24) is 20.6 Å². The maximum Gasteiger partial charge on any atom is 0.247 e. The average molecular weight is 504 g/mol. The largest absolute Gasteiger partial charge is 0.392 e. The predicted octanol–water partition coefficient (Wildman–Crippen LogP) is 3.18. The van der Waals surface area contributed by atoms with Gasteiger partial charge in [-0.3, -0.25) is 14.8 Å². The van der Waals surface area contributed by atoms with Gasteiger partial charge in [0.25, 0.3) is 0 Å². The zero-order valence-corrected chi connectivity index (χ0v) is 22.0. The number of likely N-dealkylation sites (N-methyl/N-ethyl adjacent to an activating group) is 1. The Morgan fingerprint density at radius 3 is 2.35 bits per heavy atom. The molecule has 1 amide bonds. The molecule has 2 aromatic heterocycles. The molecule has 1 aromatic carbocycles. The quantitative estimate of drug-likeness (QED) is 0.425. The van der Waals surface area contributed by atoms with E-state index in [2.05, 4.69) is 65.6 Å². The summed E-state index contributed by atoms with van der Waals surface area (Å²) in [5.41, 5.74) is 4.18. The lowest BCUT2D eigenvalue weighted by Crippen LogP contribution is -2.38. The third-order valence-electron chi connectivity index (χ3n) is 6.30. The number of β-amino-alcohol motifs (C(OH)–C–C–N with tert-alkyl or cyclic N) is 1. The number of rotatable bonds is 7. The van der Waals surface area contributed by atoms with Gasteiger partial charge in [0, 0.05) is 56.2 Å². The Morgan fingerprint density at radius 1 is 1.14 bits per heavy atom. The van der Waals surface area contributed by atoms with E-state index in [0.717, 1.165) is 23.1 Å². The van der Waals surface area contributed by atoms with Crippen LogP contribution in [0.15, 0.2) is 73.3 Å². The van der Waals surface area contributed by atoms with Crippen LogP contribution in [0.25, 0.3) is 0 Å². The second kappa shape index (κ2) is 13.1. The highest BCUT2D eigenvalue weighted by Gasteiger charge is 2.26. The van der Waals surface area contributed by atoms with Crippen molar-refractivity contribution in [2.24, 2.45) is 0 Å². The Kier molecular flexibility index (Phi) is 9.88. The molecule has 1 saturated heterocycles. The zero-order chi connectivity index (χ0) is 26.8. The van der Waals surface area contributed by atoms with Crippen LogP contribution in [-0.4, -0.2) is 53.0 Å². The number of anilines is 1. The van der Waals surface area contributed by atoms with Crippen LogP contribution in [0, 0.1) is 0 Å². The number of carbonyl (C=O) groups is 2. The number of aldehydes is 1. The number of pyridine rings is 2. The highest BCUT2D eigenvalue weighted by Crippen LogP contribution is 2.29. The maximum atomic E-state index is 13.2. The minimum atomic E-state index is -0.481. The standard InChI is InChI=1S/C24H28N4O.C5H9NO2/c1-24(2,3)20-7-9-21(10-8-20)28(4)22(19-6-5-13-26-17-19)23(29)27-16-18-11-14-25-15-12-18;7-3-4-1-5(8)2-6-4/h5-15,17,22H,16H2,1-4H3,(H,27,29);3-6,8H,1-2H2.